The molecule has 30 heavy (non-hydrogen) atoms. The molecule has 0 saturated carbocycles. The van der Waals surface area contributed by atoms with E-state index in [9.17, 15) is 0 Å². The van der Waals surface area contributed by atoms with Crippen LogP contribution in [0.4, 0.5) is 5.69 Å². The summed E-state index contributed by atoms with van der Waals surface area (Å²) in [4.78, 5) is 4.67. The van der Waals surface area contributed by atoms with Crippen molar-refractivity contribution in [3.05, 3.63) is 59.4 Å². The topological polar surface area (TPSA) is 38.5 Å². The van der Waals surface area contributed by atoms with Crippen LogP contribution in [-0.4, -0.2) is 58.6 Å². The Morgan fingerprint density at radius 3 is 2.27 bits per heavy atom. The van der Waals surface area contributed by atoms with Gasteiger partial charge in [-0.3, -0.25) is 9.47 Å². The van der Waals surface area contributed by atoms with Gasteiger partial charge in [0.2, 0.25) is 4.77 Å². The van der Waals surface area contributed by atoms with E-state index in [1.165, 1.54) is 5.69 Å². The summed E-state index contributed by atoms with van der Waals surface area (Å²) in [5.41, 5.74) is 3.31. The number of morpholine rings is 1. The number of para-hydroxylation sites is 1. The highest BCUT2D eigenvalue weighted by Crippen LogP contribution is 2.25. The molecule has 0 radical (unpaired) electrons. The lowest BCUT2D eigenvalue weighted by atomic mass is 10.1. The Kier molecular flexibility index (Phi) is 6.62. The number of anilines is 1. The Hall–Kier alpha value is -2.48. The van der Waals surface area contributed by atoms with Crippen molar-refractivity contribution >= 4 is 17.9 Å². The van der Waals surface area contributed by atoms with Crippen LogP contribution in [0.25, 0.3) is 17.1 Å². The minimum atomic E-state index is 0.673. The molecule has 6 nitrogen and oxygen atoms in total. The van der Waals surface area contributed by atoms with Crippen LogP contribution in [0.3, 0.4) is 0 Å². The molecule has 0 aliphatic carbocycles. The van der Waals surface area contributed by atoms with Crippen LogP contribution in [0.2, 0.25) is 0 Å². The van der Waals surface area contributed by atoms with Crippen LogP contribution in [0, 0.1) is 4.77 Å². The molecule has 1 fully saturated rings. The number of rotatable bonds is 7. The summed E-state index contributed by atoms with van der Waals surface area (Å²) in [7, 11) is 0. The summed E-state index contributed by atoms with van der Waals surface area (Å²) in [6.07, 6.45) is 0. The monoisotopic (exact) mass is 423 g/mol. The van der Waals surface area contributed by atoms with Crippen molar-refractivity contribution in [2.75, 3.05) is 44.3 Å². The van der Waals surface area contributed by atoms with Crippen LogP contribution in [0.1, 0.15) is 13.8 Å². The zero-order valence-electron chi connectivity index (χ0n) is 17.7. The fourth-order valence-electron chi connectivity index (χ4n) is 3.84. The summed E-state index contributed by atoms with van der Waals surface area (Å²) in [5, 5.41) is 4.94. The van der Waals surface area contributed by atoms with E-state index in [-0.39, 0.29) is 0 Å². The Balaban J connectivity index is 1.74. The molecule has 3 aromatic rings. The van der Waals surface area contributed by atoms with Crippen molar-refractivity contribution in [1.82, 2.24) is 19.2 Å². The lowest BCUT2D eigenvalue weighted by molar-refractivity contribution is 0.0210. The summed E-state index contributed by atoms with van der Waals surface area (Å²) in [6, 6.07) is 18.8. The van der Waals surface area contributed by atoms with Crippen LogP contribution >= 0.6 is 12.2 Å². The van der Waals surface area contributed by atoms with Crippen LogP contribution < -0.4 is 4.90 Å². The van der Waals surface area contributed by atoms with Gasteiger partial charge in [-0.25, -0.2) is 4.68 Å². The molecule has 0 spiro atoms. The van der Waals surface area contributed by atoms with E-state index in [1.54, 1.807) is 0 Å². The molecule has 1 aliphatic rings. The van der Waals surface area contributed by atoms with Crippen LogP contribution in [-0.2, 0) is 11.4 Å². The van der Waals surface area contributed by atoms with Crippen molar-refractivity contribution in [2.45, 2.75) is 20.5 Å². The van der Waals surface area contributed by atoms with Gasteiger partial charge in [-0.1, -0.05) is 18.2 Å². The standard InChI is InChI=1S/C23H29N5OS/c1-3-26(4-2)20-12-10-19(11-13-20)22-24-27(18-25-14-16-29-17-15-25)23(30)28(22)21-8-6-5-7-9-21/h5-13H,3-4,14-18H2,1-2H3. The molecule has 1 aliphatic heterocycles. The first-order valence-electron chi connectivity index (χ1n) is 10.6. The van der Waals surface area contributed by atoms with Crippen molar-refractivity contribution in [1.29, 1.82) is 0 Å². The maximum absolute atomic E-state index is 5.87. The third-order valence-electron chi connectivity index (χ3n) is 5.55. The average Bonchev–Trinajstić information content (AvgIpc) is 3.12. The lowest BCUT2D eigenvalue weighted by Crippen LogP contribution is -2.37. The van der Waals surface area contributed by atoms with E-state index in [1.807, 2.05) is 22.9 Å². The Bertz CT molecular complexity index is 1000. The molecule has 0 N–H and O–H groups in total. The quantitative estimate of drug-likeness (QED) is 0.533. The molecule has 1 saturated heterocycles. The van der Waals surface area contributed by atoms with Crippen molar-refractivity contribution in [2.24, 2.45) is 0 Å². The highest BCUT2D eigenvalue weighted by Gasteiger charge is 2.18. The summed E-state index contributed by atoms with van der Waals surface area (Å²) in [5.74, 6) is 0.866. The van der Waals surface area contributed by atoms with Crippen LogP contribution in [0.15, 0.2) is 54.6 Å². The molecule has 0 bridgehead atoms. The van der Waals surface area contributed by atoms with E-state index in [0.29, 0.717) is 11.4 Å². The molecular weight excluding hydrogens is 394 g/mol. The molecule has 1 aromatic heterocycles. The Labute approximate surface area is 183 Å². The van der Waals surface area contributed by atoms with E-state index in [4.69, 9.17) is 22.1 Å². The normalized spacial score (nSPS) is 14.7. The fourth-order valence-corrected chi connectivity index (χ4v) is 4.13. The first-order valence-corrected chi connectivity index (χ1v) is 11.0. The second kappa shape index (κ2) is 9.55. The average molecular weight is 424 g/mol. The second-order valence-corrected chi connectivity index (χ2v) is 7.73. The van der Waals surface area contributed by atoms with Gasteiger partial charge >= 0.3 is 0 Å². The lowest BCUT2D eigenvalue weighted by Gasteiger charge is -2.26. The summed E-state index contributed by atoms with van der Waals surface area (Å²) < 4.78 is 10.2. The minimum Gasteiger partial charge on any atom is -0.379 e. The molecule has 0 atom stereocenters. The number of nitrogens with zero attached hydrogens (tertiary/aromatic N) is 5. The summed E-state index contributed by atoms with van der Waals surface area (Å²) in [6.45, 7) is 10.3. The summed E-state index contributed by atoms with van der Waals surface area (Å²) >= 11 is 5.87. The maximum atomic E-state index is 5.87. The number of aromatic nitrogens is 3. The number of benzene rings is 2. The minimum absolute atomic E-state index is 0.673. The highest BCUT2D eigenvalue weighted by atomic mass is 32.1. The fraction of sp³-hybridized carbons (Fsp3) is 0.391. The molecule has 158 valence electrons. The maximum Gasteiger partial charge on any atom is 0.204 e. The van der Waals surface area contributed by atoms with Gasteiger partial charge in [-0.05, 0) is 62.5 Å². The molecule has 4 rings (SSSR count). The molecule has 0 unspecified atom stereocenters. The van der Waals surface area contributed by atoms with Crippen molar-refractivity contribution in [3.8, 4) is 17.1 Å². The van der Waals surface area contributed by atoms with Gasteiger partial charge in [0.05, 0.1) is 19.9 Å². The smallest absolute Gasteiger partial charge is 0.204 e. The van der Waals surface area contributed by atoms with Crippen molar-refractivity contribution < 1.29 is 4.74 Å². The molecule has 7 heteroatoms. The van der Waals surface area contributed by atoms with Crippen LogP contribution in [0.5, 0.6) is 0 Å². The molecule has 2 heterocycles. The van der Waals surface area contributed by atoms with Gasteiger partial charge in [0.25, 0.3) is 0 Å². The van der Waals surface area contributed by atoms with E-state index >= 15 is 0 Å². The van der Waals surface area contributed by atoms with Gasteiger partial charge in [-0.2, -0.15) is 0 Å². The predicted octanol–water partition coefficient (Wildman–Crippen LogP) is 4.21. The van der Waals surface area contributed by atoms with Gasteiger partial charge in [0.1, 0.15) is 0 Å². The van der Waals surface area contributed by atoms with Crippen molar-refractivity contribution in [3.63, 3.8) is 0 Å². The SMILES string of the molecule is CCN(CC)c1ccc(-c2nn(CN3CCOCC3)c(=S)n2-c2ccccc2)cc1. The van der Waals surface area contributed by atoms with Gasteiger partial charge in [-0.15, -0.1) is 5.10 Å². The number of hydrogen-bond acceptors (Lipinski definition) is 5. The Morgan fingerprint density at radius 2 is 1.63 bits per heavy atom. The van der Waals surface area contributed by atoms with E-state index in [0.717, 1.165) is 56.5 Å². The number of ether oxygens (including phenoxy) is 1. The van der Waals surface area contributed by atoms with E-state index in [2.05, 4.69) is 64.6 Å². The largest absolute Gasteiger partial charge is 0.379 e. The molecule has 0 amide bonds. The first kappa shape index (κ1) is 20.8. The first-order chi connectivity index (χ1) is 14.7. The molecule has 2 aromatic carbocycles. The van der Waals surface area contributed by atoms with Gasteiger partial charge in [0.15, 0.2) is 5.82 Å². The predicted molar refractivity (Wildman–Crippen MR) is 124 cm³/mol. The Morgan fingerprint density at radius 1 is 0.967 bits per heavy atom. The molecular formula is C23H29N5OS. The third kappa shape index (κ3) is 4.33. The third-order valence-corrected chi connectivity index (χ3v) is 5.94. The highest BCUT2D eigenvalue weighted by molar-refractivity contribution is 7.71. The zero-order chi connectivity index (χ0) is 20.9. The van der Waals surface area contributed by atoms with Gasteiger partial charge in [0, 0.05) is 43.1 Å². The second-order valence-electron chi connectivity index (χ2n) is 7.37. The zero-order valence-corrected chi connectivity index (χ0v) is 18.5. The van der Waals surface area contributed by atoms with E-state index < -0.39 is 0 Å². The number of hydrogen-bond donors (Lipinski definition) is 0. The van der Waals surface area contributed by atoms with Gasteiger partial charge < -0.3 is 9.64 Å².